The van der Waals surface area contributed by atoms with E-state index in [1.807, 2.05) is 84.9 Å². The zero-order valence-corrected chi connectivity index (χ0v) is 29.7. The zero-order chi connectivity index (χ0) is 37.2. The van der Waals surface area contributed by atoms with Gasteiger partial charge in [-0.15, -0.1) is 0 Å². The van der Waals surface area contributed by atoms with E-state index in [0.717, 1.165) is 88.6 Å². The van der Waals surface area contributed by atoms with Gasteiger partial charge in [-0.25, -0.2) is 9.97 Å². The van der Waals surface area contributed by atoms with Crippen molar-refractivity contribution in [2.24, 2.45) is 0 Å². The van der Waals surface area contributed by atoms with Crippen molar-refractivity contribution in [2.45, 2.75) is 0 Å². The first-order chi connectivity index (χ1) is 27.6. The Bertz CT molecular complexity index is 3150. The van der Waals surface area contributed by atoms with Gasteiger partial charge in [0.2, 0.25) is 11.8 Å². The van der Waals surface area contributed by atoms with E-state index in [9.17, 15) is 5.26 Å². The van der Waals surface area contributed by atoms with Crippen LogP contribution in [0, 0.1) is 11.3 Å². The second kappa shape index (κ2) is 12.6. The summed E-state index contributed by atoms with van der Waals surface area (Å²) in [6, 6.07) is 59.4. The molecule has 0 spiro atoms. The quantitative estimate of drug-likeness (QED) is 0.169. The van der Waals surface area contributed by atoms with Crippen molar-refractivity contribution in [1.82, 2.24) is 9.97 Å². The molecule has 56 heavy (non-hydrogen) atoms. The molecule has 7 nitrogen and oxygen atoms in total. The van der Waals surface area contributed by atoms with Gasteiger partial charge in [0, 0.05) is 39.0 Å². The van der Waals surface area contributed by atoms with Gasteiger partial charge >= 0.3 is 0 Å². The van der Waals surface area contributed by atoms with Gasteiger partial charge in [-0.3, -0.25) is 0 Å². The summed E-state index contributed by atoms with van der Waals surface area (Å²) in [6.45, 7) is 0. The fraction of sp³-hybridized carbons (Fsp3) is 0. The van der Waals surface area contributed by atoms with Crippen LogP contribution >= 0.6 is 0 Å². The number of nitriles is 1. The Morgan fingerprint density at radius 2 is 0.982 bits per heavy atom. The minimum absolute atomic E-state index is 0.536. The predicted octanol–water partition coefficient (Wildman–Crippen LogP) is 13.4. The van der Waals surface area contributed by atoms with Crippen LogP contribution < -0.4 is 4.90 Å². The number of oxazole rings is 2. The summed E-state index contributed by atoms with van der Waals surface area (Å²) in [5.41, 5.74) is 12.0. The van der Waals surface area contributed by atoms with Crippen LogP contribution in [-0.2, 0) is 0 Å². The molecule has 7 heteroatoms. The second-order valence-corrected chi connectivity index (χ2v) is 13.8. The van der Waals surface area contributed by atoms with Gasteiger partial charge in [0.1, 0.15) is 22.7 Å². The Morgan fingerprint density at radius 1 is 0.429 bits per heavy atom. The topological polar surface area (TPSA) is 92.2 Å². The van der Waals surface area contributed by atoms with E-state index in [2.05, 4.69) is 89.8 Å². The van der Waals surface area contributed by atoms with Crippen molar-refractivity contribution in [3.63, 3.8) is 0 Å². The molecule has 0 saturated carbocycles. The number of hydrogen-bond donors (Lipinski definition) is 0. The molecule has 0 aliphatic carbocycles. The molecule has 8 aromatic carbocycles. The van der Waals surface area contributed by atoms with E-state index in [-0.39, 0.29) is 0 Å². The highest BCUT2D eigenvalue weighted by Crippen LogP contribution is 2.40. The average molecular weight is 721 g/mol. The molecule has 0 amide bonds. The van der Waals surface area contributed by atoms with E-state index in [1.165, 1.54) is 0 Å². The van der Waals surface area contributed by atoms with Crippen LogP contribution in [0.15, 0.2) is 183 Å². The van der Waals surface area contributed by atoms with Crippen LogP contribution in [0.25, 0.3) is 88.9 Å². The SMILES string of the molecule is N#Cc1cccc2c1oc1cc(-c3ccc4cc(N(c5ccc(-c6nc7ccccc7o6)cc5)c5ccc(-c6nc7ccccc7o6)cc5)ccc4c3)ccc12. The third kappa shape index (κ3) is 5.28. The lowest BCUT2D eigenvalue weighted by Crippen LogP contribution is -2.09. The van der Waals surface area contributed by atoms with Crippen LogP contribution in [0.2, 0.25) is 0 Å². The van der Waals surface area contributed by atoms with Crippen LogP contribution in [0.5, 0.6) is 0 Å². The summed E-state index contributed by atoms with van der Waals surface area (Å²) in [5.74, 6) is 1.17. The normalized spacial score (nSPS) is 11.6. The number of anilines is 3. The summed E-state index contributed by atoms with van der Waals surface area (Å²) >= 11 is 0. The van der Waals surface area contributed by atoms with E-state index in [0.29, 0.717) is 22.9 Å². The molecular formula is C49H28N4O3. The Morgan fingerprint density at radius 3 is 1.62 bits per heavy atom. The Kier molecular flexibility index (Phi) is 7.09. The van der Waals surface area contributed by atoms with E-state index in [1.54, 1.807) is 6.07 Å². The van der Waals surface area contributed by atoms with E-state index < -0.39 is 0 Å². The molecule has 0 aliphatic heterocycles. The number of hydrogen-bond acceptors (Lipinski definition) is 7. The van der Waals surface area contributed by atoms with Gasteiger partial charge in [-0.1, -0.05) is 60.7 Å². The van der Waals surface area contributed by atoms with Crippen LogP contribution in [0.1, 0.15) is 5.56 Å². The van der Waals surface area contributed by atoms with Gasteiger partial charge in [-0.2, -0.15) is 5.26 Å². The first-order valence-electron chi connectivity index (χ1n) is 18.3. The maximum atomic E-state index is 9.61. The number of nitrogens with zero attached hydrogens (tertiary/aromatic N) is 4. The molecular weight excluding hydrogens is 693 g/mol. The summed E-state index contributed by atoms with van der Waals surface area (Å²) in [5, 5.41) is 13.8. The first kappa shape index (κ1) is 31.6. The number of fused-ring (bicyclic) bond motifs is 6. The zero-order valence-electron chi connectivity index (χ0n) is 29.7. The van der Waals surface area contributed by atoms with Crippen molar-refractivity contribution in [1.29, 1.82) is 5.26 Å². The Labute approximate surface area is 319 Å². The molecule has 0 aliphatic rings. The highest BCUT2D eigenvalue weighted by atomic mass is 16.4. The molecule has 0 unspecified atom stereocenters. The molecule has 262 valence electrons. The highest BCUT2D eigenvalue weighted by Gasteiger charge is 2.17. The van der Waals surface area contributed by atoms with Crippen LogP contribution in [0.4, 0.5) is 17.1 Å². The molecule has 0 N–H and O–H groups in total. The number of aromatic nitrogens is 2. The molecule has 11 rings (SSSR count). The second-order valence-electron chi connectivity index (χ2n) is 13.8. The van der Waals surface area contributed by atoms with E-state index >= 15 is 0 Å². The van der Waals surface area contributed by atoms with Crippen molar-refractivity contribution in [2.75, 3.05) is 4.90 Å². The summed E-state index contributed by atoms with van der Waals surface area (Å²) in [7, 11) is 0. The smallest absolute Gasteiger partial charge is 0.227 e. The van der Waals surface area contributed by atoms with Gasteiger partial charge in [0.25, 0.3) is 0 Å². The number of para-hydroxylation sites is 5. The third-order valence-electron chi connectivity index (χ3n) is 10.4. The van der Waals surface area contributed by atoms with E-state index in [4.69, 9.17) is 23.2 Å². The van der Waals surface area contributed by atoms with Gasteiger partial charge in [0.05, 0.1) is 5.56 Å². The van der Waals surface area contributed by atoms with Crippen LogP contribution in [0.3, 0.4) is 0 Å². The van der Waals surface area contributed by atoms with Crippen molar-refractivity contribution in [3.8, 4) is 40.1 Å². The first-order valence-corrected chi connectivity index (χ1v) is 18.3. The van der Waals surface area contributed by atoms with Crippen molar-refractivity contribution in [3.05, 3.63) is 175 Å². The minimum Gasteiger partial charge on any atom is -0.455 e. The summed E-state index contributed by atoms with van der Waals surface area (Å²) < 4.78 is 18.4. The fourth-order valence-corrected chi connectivity index (χ4v) is 7.56. The predicted molar refractivity (Wildman–Crippen MR) is 222 cm³/mol. The monoisotopic (exact) mass is 720 g/mol. The number of benzene rings is 8. The van der Waals surface area contributed by atoms with Crippen LogP contribution in [-0.4, -0.2) is 9.97 Å². The molecule has 0 radical (unpaired) electrons. The lowest BCUT2D eigenvalue weighted by atomic mass is 9.99. The summed E-state index contributed by atoms with van der Waals surface area (Å²) in [4.78, 5) is 11.7. The van der Waals surface area contributed by atoms with Crippen molar-refractivity contribution < 1.29 is 13.3 Å². The summed E-state index contributed by atoms with van der Waals surface area (Å²) in [6.07, 6.45) is 0. The molecule has 3 aromatic heterocycles. The molecule has 0 bridgehead atoms. The molecule has 0 atom stereocenters. The average Bonchev–Trinajstić information content (AvgIpc) is 3.99. The molecule has 3 heterocycles. The lowest BCUT2D eigenvalue weighted by Gasteiger charge is -2.26. The molecule has 0 saturated heterocycles. The fourth-order valence-electron chi connectivity index (χ4n) is 7.56. The lowest BCUT2D eigenvalue weighted by molar-refractivity contribution is 0.619. The van der Waals surface area contributed by atoms with Gasteiger partial charge in [-0.05, 0) is 131 Å². The van der Waals surface area contributed by atoms with Gasteiger partial charge < -0.3 is 18.2 Å². The maximum absolute atomic E-state index is 9.61. The number of furan rings is 1. The standard InChI is InChI=1S/C49H28N4O3/c50-29-36-6-5-7-41-40-25-19-35(28-46(40)54-47(36)41)32-12-13-34-27-39(24-18-33(34)26-32)53(37-20-14-30(15-21-37)48-51-42-8-1-3-10-44(42)55-48)38-22-16-31(17-23-38)49-52-43-9-2-4-11-45(43)56-49/h1-28H. The molecule has 0 fully saturated rings. The maximum Gasteiger partial charge on any atom is 0.227 e. The minimum atomic E-state index is 0.536. The highest BCUT2D eigenvalue weighted by molar-refractivity contribution is 6.07. The Balaban J connectivity index is 0.969. The molecule has 11 aromatic rings. The van der Waals surface area contributed by atoms with Gasteiger partial charge in [0.15, 0.2) is 16.7 Å². The Hall–Kier alpha value is -7.95. The number of rotatable bonds is 6. The third-order valence-corrected chi connectivity index (χ3v) is 10.4. The largest absolute Gasteiger partial charge is 0.455 e. The van der Waals surface area contributed by atoms with Crippen molar-refractivity contribution >= 4 is 72.0 Å².